The summed E-state index contributed by atoms with van der Waals surface area (Å²) in [5.41, 5.74) is 0.0371. The number of nitriles is 1. The second-order valence-corrected chi connectivity index (χ2v) is 4.53. The van der Waals surface area contributed by atoms with Gasteiger partial charge in [-0.25, -0.2) is 0 Å². The Labute approximate surface area is 108 Å². The summed E-state index contributed by atoms with van der Waals surface area (Å²) >= 11 is 0. The molecule has 0 aliphatic heterocycles. The van der Waals surface area contributed by atoms with Crippen molar-refractivity contribution in [2.24, 2.45) is 0 Å². The Hall–Kier alpha value is -1.74. The summed E-state index contributed by atoms with van der Waals surface area (Å²) in [6.07, 6.45) is -3.56. The number of rotatable bonds is 3. The SMILES string of the molecule is COC1CC(C#N)(c2ccc(OC(F)(F)F)cc2)C1. The fourth-order valence-electron chi connectivity index (χ4n) is 2.25. The van der Waals surface area contributed by atoms with Gasteiger partial charge in [0.05, 0.1) is 17.6 Å². The fraction of sp³-hybridized carbons (Fsp3) is 0.462. The van der Waals surface area contributed by atoms with Crippen molar-refractivity contribution in [3.05, 3.63) is 29.8 Å². The molecule has 0 amide bonds. The zero-order valence-corrected chi connectivity index (χ0v) is 10.2. The Balaban J connectivity index is 2.13. The molecule has 0 saturated heterocycles. The first-order valence-corrected chi connectivity index (χ1v) is 5.69. The monoisotopic (exact) mass is 271 g/mol. The molecule has 0 bridgehead atoms. The van der Waals surface area contributed by atoms with Crippen LogP contribution in [0.2, 0.25) is 0 Å². The van der Waals surface area contributed by atoms with Gasteiger partial charge in [-0.3, -0.25) is 0 Å². The normalized spacial score (nSPS) is 26.4. The van der Waals surface area contributed by atoms with Gasteiger partial charge < -0.3 is 9.47 Å². The molecule has 1 aromatic rings. The van der Waals surface area contributed by atoms with Crippen molar-refractivity contribution in [2.45, 2.75) is 30.7 Å². The zero-order chi connectivity index (χ0) is 14.1. The number of methoxy groups -OCH3 is 1. The van der Waals surface area contributed by atoms with Crippen molar-refractivity contribution in [1.82, 2.24) is 0 Å². The van der Waals surface area contributed by atoms with E-state index in [9.17, 15) is 18.4 Å². The predicted molar refractivity (Wildman–Crippen MR) is 60.4 cm³/mol. The van der Waals surface area contributed by atoms with Gasteiger partial charge in [-0.15, -0.1) is 13.2 Å². The first kappa shape index (κ1) is 13.7. The van der Waals surface area contributed by atoms with E-state index < -0.39 is 11.8 Å². The maximum Gasteiger partial charge on any atom is 0.573 e. The molecule has 0 unspecified atom stereocenters. The van der Waals surface area contributed by atoms with Gasteiger partial charge in [-0.05, 0) is 30.5 Å². The van der Waals surface area contributed by atoms with Crippen LogP contribution in [0.4, 0.5) is 13.2 Å². The summed E-state index contributed by atoms with van der Waals surface area (Å²) < 4.78 is 45.0. The minimum atomic E-state index is -4.70. The molecule has 0 spiro atoms. The van der Waals surface area contributed by atoms with Gasteiger partial charge in [-0.1, -0.05) is 12.1 Å². The standard InChI is InChI=1S/C13H12F3NO2/c1-18-11-6-12(7-11,8-17)9-2-4-10(5-3-9)19-13(14,15)16/h2-5,11H,6-7H2,1H3. The highest BCUT2D eigenvalue weighted by atomic mass is 19.4. The van der Waals surface area contributed by atoms with Crippen LogP contribution in [0.15, 0.2) is 24.3 Å². The number of halogens is 3. The molecule has 0 atom stereocenters. The smallest absolute Gasteiger partial charge is 0.406 e. The van der Waals surface area contributed by atoms with Gasteiger partial charge in [0.25, 0.3) is 0 Å². The van der Waals surface area contributed by atoms with E-state index in [-0.39, 0.29) is 11.9 Å². The second kappa shape index (κ2) is 4.74. The van der Waals surface area contributed by atoms with Crippen LogP contribution in [0.25, 0.3) is 0 Å². The fourth-order valence-corrected chi connectivity index (χ4v) is 2.25. The van der Waals surface area contributed by atoms with Crippen LogP contribution in [0.3, 0.4) is 0 Å². The minimum absolute atomic E-state index is 0.0331. The van der Waals surface area contributed by atoms with Crippen molar-refractivity contribution in [3.63, 3.8) is 0 Å². The zero-order valence-electron chi connectivity index (χ0n) is 10.2. The maximum atomic E-state index is 12.0. The largest absolute Gasteiger partial charge is 0.573 e. The molecule has 6 heteroatoms. The average Bonchev–Trinajstić information content (AvgIpc) is 2.29. The lowest BCUT2D eigenvalue weighted by atomic mass is 9.64. The van der Waals surface area contributed by atoms with Crippen molar-refractivity contribution in [2.75, 3.05) is 7.11 Å². The first-order valence-electron chi connectivity index (χ1n) is 5.69. The van der Waals surface area contributed by atoms with Crippen LogP contribution in [0.1, 0.15) is 18.4 Å². The molecule has 19 heavy (non-hydrogen) atoms. The summed E-state index contributed by atoms with van der Waals surface area (Å²) in [7, 11) is 1.58. The van der Waals surface area contributed by atoms with Gasteiger partial charge in [-0.2, -0.15) is 5.26 Å². The van der Waals surface area contributed by atoms with E-state index in [0.29, 0.717) is 18.4 Å². The van der Waals surface area contributed by atoms with Crippen LogP contribution < -0.4 is 4.74 Å². The van der Waals surface area contributed by atoms with E-state index in [1.54, 1.807) is 7.11 Å². The summed E-state index contributed by atoms with van der Waals surface area (Å²) in [6, 6.07) is 7.66. The van der Waals surface area contributed by atoms with Crippen LogP contribution in [-0.4, -0.2) is 19.6 Å². The van der Waals surface area contributed by atoms with E-state index in [0.717, 1.165) is 0 Å². The van der Waals surface area contributed by atoms with Crippen LogP contribution in [0.5, 0.6) is 5.75 Å². The molecule has 0 N–H and O–H groups in total. The summed E-state index contributed by atoms with van der Waals surface area (Å²) in [5.74, 6) is -0.285. The molecule has 102 valence electrons. The molecule has 0 aromatic heterocycles. The molecule has 1 aromatic carbocycles. The number of nitrogens with zero attached hydrogens (tertiary/aromatic N) is 1. The van der Waals surface area contributed by atoms with Gasteiger partial charge >= 0.3 is 6.36 Å². The molecule has 1 saturated carbocycles. The predicted octanol–water partition coefficient (Wildman–Crippen LogP) is 3.16. The average molecular weight is 271 g/mol. The lowest BCUT2D eigenvalue weighted by molar-refractivity contribution is -0.274. The molecule has 1 fully saturated rings. The topological polar surface area (TPSA) is 42.2 Å². The Morgan fingerprint density at radius 2 is 1.84 bits per heavy atom. The van der Waals surface area contributed by atoms with E-state index >= 15 is 0 Å². The molecule has 1 aliphatic carbocycles. The second-order valence-electron chi connectivity index (χ2n) is 4.53. The molecular weight excluding hydrogens is 259 g/mol. The summed E-state index contributed by atoms with van der Waals surface area (Å²) in [6.45, 7) is 0. The van der Waals surface area contributed by atoms with Gasteiger partial charge in [0.2, 0.25) is 0 Å². The van der Waals surface area contributed by atoms with E-state index in [1.165, 1.54) is 24.3 Å². The summed E-state index contributed by atoms with van der Waals surface area (Å²) in [4.78, 5) is 0. The van der Waals surface area contributed by atoms with Crippen molar-refractivity contribution >= 4 is 0 Å². The molecule has 1 aliphatic rings. The van der Waals surface area contributed by atoms with E-state index in [4.69, 9.17) is 4.74 Å². The first-order chi connectivity index (χ1) is 8.88. The molecular formula is C13H12F3NO2. The minimum Gasteiger partial charge on any atom is -0.406 e. The van der Waals surface area contributed by atoms with Crippen LogP contribution in [-0.2, 0) is 10.2 Å². The maximum absolute atomic E-state index is 12.0. The Morgan fingerprint density at radius 1 is 1.26 bits per heavy atom. The molecule has 0 radical (unpaired) electrons. The number of ether oxygens (including phenoxy) is 2. The van der Waals surface area contributed by atoms with Crippen molar-refractivity contribution < 1.29 is 22.6 Å². The van der Waals surface area contributed by atoms with Crippen LogP contribution in [0, 0.1) is 11.3 Å². The van der Waals surface area contributed by atoms with Crippen molar-refractivity contribution in [3.8, 4) is 11.8 Å². The lowest BCUT2D eigenvalue weighted by Crippen LogP contribution is -2.44. The van der Waals surface area contributed by atoms with Gasteiger partial charge in [0.1, 0.15) is 5.75 Å². The number of hydrogen-bond donors (Lipinski definition) is 0. The Kier molecular flexibility index (Phi) is 3.42. The molecule has 0 heterocycles. The van der Waals surface area contributed by atoms with E-state index in [2.05, 4.69) is 10.8 Å². The van der Waals surface area contributed by atoms with Crippen molar-refractivity contribution in [1.29, 1.82) is 5.26 Å². The molecule has 3 nitrogen and oxygen atoms in total. The van der Waals surface area contributed by atoms with E-state index in [1.807, 2.05) is 0 Å². The third kappa shape index (κ3) is 2.82. The van der Waals surface area contributed by atoms with Gasteiger partial charge in [0.15, 0.2) is 0 Å². The number of benzene rings is 1. The third-order valence-corrected chi connectivity index (χ3v) is 3.34. The number of hydrogen-bond acceptors (Lipinski definition) is 3. The highest BCUT2D eigenvalue weighted by Crippen LogP contribution is 2.45. The Bertz CT molecular complexity index is 484. The quantitative estimate of drug-likeness (QED) is 0.848. The summed E-state index contributed by atoms with van der Waals surface area (Å²) in [5, 5.41) is 9.24. The van der Waals surface area contributed by atoms with Gasteiger partial charge in [0, 0.05) is 7.11 Å². The highest BCUT2D eigenvalue weighted by molar-refractivity contribution is 5.39. The Morgan fingerprint density at radius 3 is 2.26 bits per heavy atom. The third-order valence-electron chi connectivity index (χ3n) is 3.34. The highest BCUT2D eigenvalue weighted by Gasteiger charge is 2.46. The number of alkyl halides is 3. The lowest BCUT2D eigenvalue weighted by Gasteiger charge is -2.42. The van der Waals surface area contributed by atoms with Crippen LogP contribution >= 0.6 is 0 Å². The molecule has 2 rings (SSSR count).